The van der Waals surface area contributed by atoms with Gasteiger partial charge in [-0.1, -0.05) is 24.3 Å². The Morgan fingerprint density at radius 2 is 1.24 bits per heavy atom. The number of benzene rings is 2. The number of halogens is 3. The second-order valence-corrected chi connectivity index (χ2v) is 6.34. The molecule has 2 aromatic carbocycles. The Hall–Kier alpha value is -3.57. The maximum Gasteiger partial charge on any atom is 0.403 e. The van der Waals surface area contributed by atoms with E-state index in [0.29, 0.717) is 11.1 Å². The molecule has 2 rings (SSSR count). The quantitative estimate of drug-likeness (QED) is 0.408. The van der Waals surface area contributed by atoms with Gasteiger partial charge in [0, 0.05) is 11.6 Å². The lowest BCUT2D eigenvalue weighted by Crippen LogP contribution is -2.20. The summed E-state index contributed by atoms with van der Waals surface area (Å²) >= 11 is 4.60. The van der Waals surface area contributed by atoms with Crippen LogP contribution in [0, 0.1) is 11.6 Å². The highest BCUT2D eigenvalue weighted by Gasteiger charge is 2.23. The van der Waals surface area contributed by atoms with Gasteiger partial charge >= 0.3 is 23.3 Å². The van der Waals surface area contributed by atoms with Crippen LogP contribution in [0.2, 0.25) is 0 Å². The Labute approximate surface area is 192 Å². The van der Waals surface area contributed by atoms with Crippen molar-refractivity contribution in [1.82, 2.24) is 0 Å². The van der Waals surface area contributed by atoms with Crippen LogP contribution in [0.25, 0.3) is 0 Å². The first-order valence-electron chi connectivity index (χ1n) is 8.95. The first-order chi connectivity index (χ1) is 15.4. The van der Waals surface area contributed by atoms with E-state index in [1.54, 1.807) is 0 Å². The monoisotopic (exact) mass is 489 g/mol. The van der Waals surface area contributed by atoms with Crippen LogP contribution in [0.3, 0.4) is 0 Å². The molecule has 4 N–H and O–H groups in total. The zero-order valence-electron chi connectivity index (χ0n) is 17.5. The minimum Gasteiger partial charge on any atom is -0.481 e. The van der Waals surface area contributed by atoms with Gasteiger partial charge in [-0.05, 0) is 35.4 Å². The van der Waals surface area contributed by atoms with Gasteiger partial charge in [0.15, 0.2) is 0 Å². The molecule has 180 valence electrons. The van der Waals surface area contributed by atoms with E-state index >= 15 is 0 Å². The summed E-state index contributed by atoms with van der Waals surface area (Å²) in [5.74, 6) is -4.74. The van der Waals surface area contributed by atoms with Crippen molar-refractivity contribution in [1.29, 1.82) is 0 Å². The Balaban J connectivity index is 0.000000530. The van der Waals surface area contributed by atoms with Crippen LogP contribution >= 0.6 is 11.6 Å². The number of methoxy groups -OCH3 is 2. The summed E-state index contributed by atoms with van der Waals surface area (Å²) in [5, 5.41) is 17.4. The van der Waals surface area contributed by atoms with E-state index in [4.69, 9.17) is 15.9 Å². The first kappa shape index (κ1) is 29.4. The Kier molecular flexibility index (Phi) is 13.6. The third kappa shape index (κ3) is 12.1. The average Bonchev–Trinajstić information content (AvgIpc) is 2.78. The molecule has 0 fully saturated rings. The Morgan fingerprint density at radius 3 is 1.55 bits per heavy atom. The summed E-state index contributed by atoms with van der Waals surface area (Å²) in [5.41, 5.74) is 5.26. The maximum absolute atomic E-state index is 12.6. The van der Waals surface area contributed by atoms with Crippen LogP contribution < -0.4 is 5.73 Å². The molecule has 0 heterocycles. The second-order valence-electron chi connectivity index (χ2n) is 6.03. The fourth-order valence-corrected chi connectivity index (χ4v) is 2.11. The molecular weight excluding hydrogens is 468 g/mol. The SMILES string of the molecule is COC(=O)C[C@@H](C(=O)O)c1ccc(F)cc1.COC(=O)Cl.N[C@H](C(=O)O)c1ccc(F)cc1. The van der Waals surface area contributed by atoms with Crippen LogP contribution in [-0.2, 0) is 23.9 Å². The number of carboxylic acids is 2. The number of esters is 1. The summed E-state index contributed by atoms with van der Waals surface area (Å²) in [7, 11) is 2.40. The van der Waals surface area contributed by atoms with E-state index in [1.165, 1.54) is 50.6 Å². The average molecular weight is 490 g/mol. The van der Waals surface area contributed by atoms with Crippen LogP contribution in [0.5, 0.6) is 0 Å². The molecule has 0 bridgehead atoms. The summed E-state index contributed by atoms with van der Waals surface area (Å²) in [6.07, 6.45) is -0.266. The van der Waals surface area contributed by atoms with Crippen LogP contribution in [-0.4, -0.2) is 47.8 Å². The second kappa shape index (κ2) is 15.3. The molecular formula is C21H22ClF2NO8. The van der Waals surface area contributed by atoms with Crippen molar-refractivity contribution in [3.8, 4) is 0 Å². The van der Waals surface area contributed by atoms with Gasteiger partial charge in [-0.2, -0.15) is 0 Å². The predicted octanol–water partition coefficient (Wildman–Crippen LogP) is 3.46. The van der Waals surface area contributed by atoms with Crippen molar-refractivity contribution in [3.05, 3.63) is 71.3 Å². The van der Waals surface area contributed by atoms with Crippen LogP contribution in [0.1, 0.15) is 29.5 Å². The molecule has 12 heteroatoms. The predicted molar refractivity (Wildman–Crippen MR) is 113 cm³/mol. The van der Waals surface area contributed by atoms with Crippen LogP contribution in [0.15, 0.2) is 48.5 Å². The molecule has 0 aliphatic heterocycles. The molecule has 0 aliphatic rings. The molecule has 0 saturated carbocycles. The van der Waals surface area contributed by atoms with Gasteiger partial charge in [-0.3, -0.25) is 14.4 Å². The largest absolute Gasteiger partial charge is 0.481 e. The highest BCUT2D eigenvalue weighted by atomic mass is 35.5. The van der Waals surface area contributed by atoms with Gasteiger partial charge in [-0.15, -0.1) is 0 Å². The fourth-order valence-electron chi connectivity index (χ4n) is 2.11. The van der Waals surface area contributed by atoms with Gasteiger partial charge in [0.25, 0.3) is 0 Å². The van der Waals surface area contributed by atoms with Crippen molar-refractivity contribution in [3.63, 3.8) is 0 Å². The number of carboxylic acid groups (broad SMARTS) is 2. The third-order valence-electron chi connectivity index (χ3n) is 3.82. The topological polar surface area (TPSA) is 153 Å². The van der Waals surface area contributed by atoms with E-state index in [1.807, 2.05) is 0 Å². The Morgan fingerprint density at radius 1 is 0.848 bits per heavy atom. The lowest BCUT2D eigenvalue weighted by molar-refractivity contribution is -0.147. The number of carbonyl (C=O) groups excluding carboxylic acids is 2. The summed E-state index contributed by atoms with van der Waals surface area (Å²) in [6.45, 7) is 0. The molecule has 0 amide bonds. The van der Waals surface area contributed by atoms with Gasteiger partial charge in [-0.25, -0.2) is 13.6 Å². The summed E-state index contributed by atoms with van der Waals surface area (Å²) in [4.78, 5) is 41.7. The van der Waals surface area contributed by atoms with Gasteiger partial charge in [0.1, 0.15) is 17.7 Å². The van der Waals surface area contributed by atoms with E-state index in [-0.39, 0.29) is 6.42 Å². The molecule has 0 spiro atoms. The lowest BCUT2D eigenvalue weighted by Gasteiger charge is -2.10. The number of rotatable bonds is 6. The molecule has 0 aromatic heterocycles. The van der Waals surface area contributed by atoms with Crippen molar-refractivity contribution < 1.29 is 47.6 Å². The Bertz CT molecular complexity index is 923. The van der Waals surface area contributed by atoms with Crippen molar-refractivity contribution in [2.45, 2.75) is 18.4 Å². The van der Waals surface area contributed by atoms with E-state index in [2.05, 4.69) is 21.1 Å². The molecule has 2 atom stereocenters. The molecule has 9 nitrogen and oxygen atoms in total. The zero-order chi connectivity index (χ0) is 25.6. The third-order valence-corrected chi connectivity index (χ3v) is 3.98. The summed E-state index contributed by atoms with van der Waals surface area (Å²) < 4.78 is 33.3. The van der Waals surface area contributed by atoms with E-state index in [0.717, 1.165) is 12.1 Å². The van der Waals surface area contributed by atoms with Gasteiger partial charge in [0.2, 0.25) is 0 Å². The standard InChI is InChI=1S/C11H11FO4.C8H8FNO2.C2H3ClO2/c1-16-10(13)6-9(11(14)15)7-2-4-8(12)5-3-7;9-6-3-1-5(2-4-6)7(10)8(11)12;1-5-2(3)4/h2-5,9H,6H2,1H3,(H,14,15);1-4,7H,10H2,(H,11,12);1H3/t9-;7-;/m10./s1. The summed E-state index contributed by atoms with van der Waals surface area (Å²) in [6, 6.07) is 8.99. The molecule has 0 radical (unpaired) electrons. The van der Waals surface area contributed by atoms with E-state index < -0.39 is 46.9 Å². The van der Waals surface area contributed by atoms with Crippen LogP contribution in [0.4, 0.5) is 13.6 Å². The molecule has 0 unspecified atom stereocenters. The van der Waals surface area contributed by atoms with Crippen molar-refractivity contribution >= 4 is 34.9 Å². The van der Waals surface area contributed by atoms with Gasteiger partial charge in [0.05, 0.1) is 26.6 Å². The number of carbonyl (C=O) groups is 4. The number of hydrogen-bond donors (Lipinski definition) is 3. The smallest absolute Gasteiger partial charge is 0.403 e. The minimum atomic E-state index is -1.14. The fraction of sp³-hybridized carbons (Fsp3) is 0.238. The lowest BCUT2D eigenvalue weighted by atomic mass is 9.96. The minimum absolute atomic E-state index is 0.266. The zero-order valence-corrected chi connectivity index (χ0v) is 18.3. The number of hydrogen-bond acceptors (Lipinski definition) is 7. The van der Waals surface area contributed by atoms with Gasteiger partial charge < -0.3 is 25.4 Å². The number of ether oxygens (including phenoxy) is 2. The normalized spacial score (nSPS) is 11.3. The highest BCUT2D eigenvalue weighted by molar-refractivity contribution is 6.61. The molecule has 2 aromatic rings. The number of nitrogens with two attached hydrogens (primary N) is 1. The molecule has 0 aliphatic carbocycles. The van der Waals surface area contributed by atoms with E-state index in [9.17, 15) is 28.0 Å². The highest BCUT2D eigenvalue weighted by Crippen LogP contribution is 2.20. The first-order valence-corrected chi connectivity index (χ1v) is 9.33. The van der Waals surface area contributed by atoms with Crippen molar-refractivity contribution in [2.24, 2.45) is 5.73 Å². The molecule has 0 saturated heterocycles. The molecule has 33 heavy (non-hydrogen) atoms. The maximum atomic E-state index is 12.6. The van der Waals surface area contributed by atoms with Crippen molar-refractivity contribution in [2.75, 3.05) is 14.2 Å². The number of aliphatic carboxylic acids is 2.